The fourth-order valence-electron chi connectivity index (χ4n) is 2.38. The molecule has 0 saturated heterocycles. The highest BCUT2D eigenvalue weighted by molar-refractivity contribution is 9.10. The predicted octanol–water partition coefficient (Wildman–Crippen LogP) is 3.74. The number of hydrogen-bond acceptors (Lipinski definition) is 5. The van der Waals surface area contributed by atoms with Crippen molar-refractivity contribution in [3.8, 4) is 5.75 Å². The standard InChI is InChI=1S/C21H24BrN3O4S/c1-3-10-23-19(26)14-4-7-16(8-5-14)24-21(30)25-20(27)15-6-9-18(17(22)13-15)29-12-11-28-2/h4-9,13H,3,10-12H2,1-2H3,(H,23,26)(H2,24,25,27,30). The smallest absolute Gasteiger partial charge is 0.257 e. The van der Waals surface area contributed by atoms with E-state index < -0.39 is 0 Å². The number of anilines is 1. The summed E-state index contributed by atoms with van der Waals surface area (Å²) in [7, 11) is 1.60. The Labute approximate surface area is 189 Å². The molecule has 0 heterocycles. The van der Waals surface area contributed by atoms with Gasteiger partial charge in [-0.2, -0.15) is 0 Å². The number of methoxy groups -OCH3 is 1. The minimum atomic E-state index is -0.354. The van der Waals surface area contributed by atoms with Crippen molar-refractivity contribution in [1.82, 2.24) is 10.6 Å². The Morgan fingerprint density at radius 1 is 1.03 bits per heavy atom. The molecule has 0 unspecified atom stereocenters. The summed E-state index contributed by atoms with van der Waals surface area (Å²) in [4.78, 5) is 24.4. The third-order valence-corrected chi connectivity index (χ3v) is 4.73. The highest BCUT2D eigenvalue weighted by Crippen LogP contribution is 2.26. The molecule has 0 spiro atoms. The zero-order chi connectivity index (χ0) is 21.9. The fraction of sp³-hybridized carbons (Fsp3) is 0.286. The average molecular weight is 494 g/mol. The van der Waals surface area contributed by atoms with Crippen molar-refractivity contribution in [3.05, 3.63) is 58.1 Å². The minimum Gasteiger partial charge on any atom is -0.490 e. The summed E-state index contributed by atoms with van der Waals surface area (Å²) in [6.45, 7) is 3.50. The molecule has 0 aliphatic carbocycles. The molecular weight excluding hydrogens is 470 g/mol. The van der Waals surface area contributed by atoms with Gasteiger partial charge in [-0.3, -0.25) is 14.9 Å². The van der Waals surface area contributed by atoms with Crippen LogP contribution in [0.5, 0.6) is 5.75 Å². The number of thiocarbonyl (C=S) groups is 1. The SMILES string of the molecule is CCCNC(=O)c1ccc(NC(=S)NC(=O)c2ccc(OCCOC)c(Br)c2)cc1. The second-order valence-electron chi connectivity index (χ2n) is 6.23. The van der Waals surface area contributed by atoms with Crippen LogP contribution >= 0.6 is 28.1 Å². The van der Waals surface area contributed by atoms with Crippen molar-refractivity contribution < 1.29 is 19.1 Å². The van der Waals surface area contributed by atoms with E-state index in [-0.39, 0.29) is 16.9 Å². The fourth-order valence-corrected chi connectivity index (χ4v) is 3.08. The van der Waals surface area contributed by atoms with Crippen LogP contribution in [-0.2, 0) is 4.74 Å². The van der Waals surface area contributed by atoms with Crippen LogP contribution in [0, 0.1) is 0 Å². The van der Waals surface area contributed by atoms with Gasteiger partial charge in [0, 0.05) is 30.5 Å². The lowest BCUT2D eigenvalue weighted by molar-refractivity contribution is 0.0951. The van der Waals surface area contributed by atoms with E-state index in [0.29, 0.717) is 46.8 Å². The topological polar surface area (TPSA) is 88.7 Å². The molecule has 0 bridgehead atoms. The molecule has 0 atom stereocenters. The van der Waals surface area contributed by atoms with Crippen LogP contribution in [0.3, 0.4) is 0 Å². The summed E-state index contributed by atoms with van der Waals surface area (Å²) < 4.78 is 11.2. The van der Waals surface area contributed by atoms with Crippen molar-refractivity contribution in [2.45, 2.75) is 13.3 Å². The number of carbonyl (C=O) groups is 2. The second-order valence-corrected chi connectivity index (χ2v) is 7.49. The van der Waals surface area contributed by atoms with Crippen molar-refractivity contribution >= 4 is 50.8 Å². The number of benzene rings is 2. The first-order chi connectivity index (χ1) is 14.4. The highest BCUT2D eigenvalue weighted by Gasteiger charge is 2.11. The third kappa shape index (κ3) is 7.40. The molecule has 0 aliphatic rings. The van der Waals surface area contributed by atoms with Gasteiger partial charge in [0.25, 0.3) is 11.8 Å². The zero-order valence-corrected chi connectivity index (χ0v) is 19.2. The van der Waals surface area contributed by atoms with E-state index >= 15 is 0 Å². The molecule has 7 nitrogen and oxygen atoms in total. The lowest BCUT2D eigenvalue weighted by atomic mass is 10.2. The van der Waals surface area contributed by atoms with Gasteiger partial charge in [-0.25, -0.2) is 0 Å². The molecule has 160 valence electrons. The summed E-state index contributed by atoms with van der Waals surface area (Å²) >= 11 is 8.61. The van der Waals surface area contributed by atoms with Gasteiger partial charge in [-0.05, 0) is 77.0 Å². The lowest BCUT2D eigenvalue weighted by Crippen LogP contribution is -2.34. The number of carbonyl (C=O) groups excluding carboxylic acids is 2. The number of nitrogens with one attached hydrogen (secondary N) is 3. The maximum Gasteiger partial charge on any atom is 0.257 e. The van der Waals surface area contributed by atoms with Crippen molar-refractivity contribution in [2.75, 3.05) is 32.2 Å². The van der Waals surface area contributed by atoms with E-state index in [4.69, 9.17) is 21.7 Å². The Morgan fingerprint density at radius 3 is 2.37 bits per heavy atom. The molecule has 2 rings (SSSR count). The molecule has 0 fully saturated rings. The van der Waals surface area contributed by atoms with Crippen molar-refractivity contribution in [2.24, 2.45) is 0 Å². The van der Waals surface area contributed by atoms with Gasteiger partial charge in [-0.15, -0.1) is 0 Å². The Bertz CT molecular complexity index is 890. The first-order valence-corrected chi connectivity index (χ1v) is 10.6. The van der Waals surface area contributed by atoms with Crippen LogP contribution in [-0.4, -0.2) is 43.8 Å². The zero-order valence-electron chi connectivity index (χ0n) is 16.8. The van der Waals surface area contributed by atoms with Gasteiger partial charge in [0.15, 0.2) is 5.11 Å². The van der Waals surface area contributed by atoms with Crippen LogP contribution in [0.25, 0.3) is 0 Å². The molecule has 0 aromatic heterocycles. The minimum absolute atomic E-state index is 0.125. The normalized spacial score (nSPS) is 10.2. The number of rotatable bonds is 9. The molecule has 9 heteroatoms. The molecular formula is C21H24BrN3O4S. The highest BCUT2D eigenvalue weighted by atomic mass is 79.9. The molecule has 2 aromatic rings. The molecule has 2 amide bonds. The van der Waals surface area contributed by atoms with Crippen molar-refractivity contribution in [3.63, 3.8) is 0 Å². The molecule has 0 aliphatic heterocycles. The van der Waals surface area contributed by atoms with E-state index in [1.54, 1.807) is 49.6 Å². The molecule has 2 aromatic carbocycles. The molecule has 30 heavy (non-hydrogen) atoms. The lowest BCUT2D eigenvalue weighted by Gasteiger charge is -2.12. The van der Waals surface area contributed by atoms with Crippen LogP contribution in [0.4, 0.5) is 5.69 Å². The first-order valence-electron chi connectivity index (χ1n) is 9.36. The largest absolute Gasteiger partial charge is 0.490 e. The monoisotopic (exact) mass is 493 g/mol. The first kappa shape index (κ1) is 23.8. The number of hydrogen-bond donors (Lipinski definition) is 3. The molecule has 3 N–H and O–H groups in total. The van der Waals surface area contributed by atoms with Crippen LogP contribution in [0.15, 0.2) is 46.9 Å². The Balaban J connectivity index is 1.90. The van der Waals surface area contributed by atoms with Crippen LogP contribution in [0.1, 0.15) is 34.1 Å². The van der Waals surface area contributed by atoms with Gasteiger partial charge in [0.2, 0.25) is 0 Å². The van der Waals surface area contributed by atoms with Gasteiger partial charge < -0.3 is 20.1 Å². The van der Waals surface area contributed by atoms with Crippen LogP contribution < -0.4 is 20.7 Å². The Kier molecular flexibility index (Phi) is 9.72. The Morgan fingerprint density at radius 2 is 1.73 bits per heavy atom. The van der Waals surface area contributed by atoms with E-state index in [0.717, 1.165) is 6.42 Å². The van der Waals surface area contributed by atoms with Crippen LogP contribution in [0.2, 0.25) is 0 Å². The number of ether oxygens (including phenoxy) is 2. The summed E-state index contributed by atoms with van der Waals surface area (Å²) in [6.07, 6.45) is 0.874. The maximum atomic E-state index is 12.4. The van der Waals surface area contributed by atoms with E-state index in [1.807, 2.05) is 6.92 Å². The van der Waals surface area contributed by atoms with Crippen molar-refractivity contribution in [1.29, 1.82) is 0 Å². The van der Waals surface area contributed by atoms with Gasteiger partial charge in [0.05, 0.1) is 11.1 Å². The Hall–Kier alpha value is -2.49. The summed E-state index contributed by atoms with van der Waals surface area (Å²) in [5.41, 5.74) is 1.64. The summed E-state index contributed by atoms with van der Waals surface area (Å²) in [5.74, 6) is 0.138. The van der Waals surface area contributed by atoms with Gasteiger partial charge >= 0.3 is 0 Å². The predicted molar refractivity (Wildman–Crippen MR) is 124 cm³/mol. The van der Waals surface area contributed by atoms with E-state index in [1.165, 1.54) is 0 Å². The number of amides is 2. The quantitative estimate of drug-likeness (QED) is 0.364. The maximum absolute atomic E-state index is 12.4. The van der Waals surface area contributed by atoms with Gasteiger partial charge in [-0.1, -0.05) is 6.92 Å². The third-order valence-electron chi connectivity index (χ3n) is 3.91. The number of halogens is 1. The average Bonchev–Trinajstić information content (AvgIpc) is 2.73. The molecule has 0 radical (unpaired) electrons. The summed E-state index contributed by atoms with van der Waals surface area (Å²) in [6, 6.07) is 11.8. The molecule has 0 saturated carbocycles. The summed E-state index contributed by atoms with van der Waals surface area (Å²) in [5, 5.41) is 8.53. The van der Waals surface area contributed by atoms with E-state index in [2.05, 4.69) is 31.9 Å². The van der Waals surface area contributed by atoms with E-state index in [9.17, 15) is 9.59 Å². The second kappa shape index (κ2) is 12.3. The van der Waals surface area contributed by atoms with Gasteiger partial charge in [0.1, 0.15) is 12.4 Å².